The van der Waals surface area contributed by atoms with E-state index < -0.39 is 24.0 Å². The summed E-state index contributed by atoms with van der Waals surface area (Å²) in [7, 11) is 0. The van der Waals surface area contributed by atoms with E-state index in [1.807, 2.05) is 0 Å². The predicted octanol–water partition coefficient (Wildman–Crippen LogP) is 1.92. The highest BCUT2D eigenvalue weighted by Gasteiger charge is 2.44. The van der Waals surface area contributed by atoms with Crippen LogP contribution in [-0.2, 0) is 19.0 Å². The molecule has 0 spiro atoms. The Kier molecular flexibility index (Phi) is 4.93. The average molecular weight is 359 g/mol. The van der Waals surface area contributed by atoms with Crippen molar-refractivity contribution in [2.75, 3.05) is 13.2 Å². The van der Waals surface area contributed by atoms with Crippen molar-refractivity contribution in [3.8, 4) is 0 Å². The second-order valence-corrected chi connectivity index (χ2v) is 6.52. The third kappa shape index (κ3) is 3.54. The maximum Gasteiger partial charge on any atom is 0.330 e. The summed E-state index contributed by atoms with van der Waals surface area (Å²) in [6, 6.07) is 6.70. The summed E-state index contributed by atoms with van der Waals surface area (Å²) in [6.45, 7) is 5.50. The standard InChI is InChI=1S/C19H21NO6/c1-4-24-16(21)10-9-14-15(26-19(2,3)25-14)11-20-17(22)12-7-5-6-8-13(12)18(20)23/h5-10,14-15H,4,11H2,1-3H3/b10-9+/t14-,15+/m1/s1. The number of benzene rings is 1. The van der Waals surface area contributed by atoms with Crippen LogP contribution in [0.4, 0.5) is 0 Å². The Hall–Kier alpha value is -2.51. The highest BCUT2D eigenvalue weighted by atomic mass is 16.8. The Morgan fingerprint density at radius 3 is 2.38 bits per heavy atom. The van der Waals surface area contributed by atoms with E-state index in [0.29, 0.717) is 11.1 Å². The Balaban J connectivity index is 1.76. The van der Waals surface area contributed by atoms with Gasteiger partial charge in [0.2, 0.25) is 0 Å². The van der Waals surface area contributed by atoms with Gasteiger partial charge in [-0.2, -0.15) is 0 Å². The molecule has 1 saturated heterocycles. The monoisotopic (exact) mass is 359 g/mol. The summed E-state index contributed by atoms with van der Waals surface area (Å²) in [5.41, 5.74) is 0.767. The van der Waals surface area contributed by atoms with Crippen molar-refractivity contribution >= 4 is 17.8 Å². The van der Waals surface area contributed by atoms with Crippen LogP contribution in [0.3, 0.4) is 0 Å². The van der Waals surface area contributed by atoms with Gasteiger partial charge in [0.1, 0.15) is 12.2 Å². The molecule has 1 fully saturated rings. The van der Waals surface area contributed by atoms with Crippen LogP contribution in [0.25, 0.3) is 0 Å². The molecule has 7 nitrogen and oxygen atoms in total. The second-order valence-electron chi connectivity index (χ2n) is 6.52. The van der Waals surface area contributed by atoms with Crippen LogP contribution in [0, 0.1) is 0 Å². The number of amides is 2. The SMILES string of the molecule is CCOC(=O)/C=C/[C@H]1OC(C)(C)O[C@H]1CN1C(=O)c2ccccc2C1=O. The van der Waals surface area contributed by atoms with E-state index in [4.69, 9.17) is 14.2 Å². The van der Waals surface area contributed by atoms with Gasteiger partial charge in [0, 0.05) is 6.08 Å². The fourth-order valence-corrected chi connectivity index (χ4v) is 3.12. The van der Waals surface area contributed by atoms with E-state index in [1.54, 1.807) is 45.0 Å². The third-order valence-corrected chi connectivity index (χ3v) is 4.17. The number of hydrogen-bond donors (Lipinski definition) is 0. The lowest BCUT2D eigenvalue weighted by molar-refractivity contribution is -0.144. The van der Waals surface area contributed by atoms with Gasteiger partial charge in [-0.05, 0) is 39.0 Å². The molecule has 0 saturated carbocycles. The molecule has 0 aromatic heterocycles. The van der Waals surface area contributed by atoms with E-state index in [1.165, 1.54) is 12.2 Å². The van der Waals surface area contributed by atoms with Gasteiger partial charge in [-0.25, -0.2) is 4.79 Å². The zero-order valence-corrected chi connectivity index (χ0v) is 14.9. The molecule has 7 heteroatoms. The largest absolute Gasteiger partial charge is 0.463 e. The lowest BCUT2D eigenvalue weighted by atomic mass is 10.1. The number of hydrogen-bond acceptors (Lipinski definition) is 6. The molecule has 0 bridgehead atoms. The summed E-state index contributed by atoms with van der Waals surface area (Å²) < 4.78 is 16.5. The molecule has 2 atom stereocenters. The van der Waals surface area contributed by atoms with Gasteiger partial charge in [-0.1, -0.05) is 12.1 Å². The number of carbonyl (C=O) groups excluding carboxylic acids is 3. The number of carbonyl (C=O) groups is 3. The number of ether oxygens (including phenoxy) is 3. The van der Waals surface area contributed by atoms with Gasteiger partial charge in [-0.15, -0.1) is 0 Å². The minimum absolute atomic E-state index is 0.0353. The topological polar surface area (TPSA) is 82.1 Å². The second kappa shape index (κ2) is 7.01. The highest BCUT2D eigenvalue weighted by Crippen LogP contribution is 2.31. The first-order valence-corrected chi connectivity index (χ1v) is 8.48. The van der Waals surface area contributed by atoms with Crippen molar-refractivity contribution in [1.29, 1.82) is 0 Å². The number of fused-ring (bicyclic) bond motifs is 1. The fraction of sp³-hybridized carbons (Fsp3) is 0.421. The van der Waals surface area contributed by atoms with Gasteiger partial charge < -0.3 is 14.2 Å². The Morgan fingerprint density at radius 2 is 1.81 bits per heavy atom. The zero-order chi connectivity index (χ0) is 18.9. The molecular weight excluding hydrogens is 338 g/mol. The van der Waals surface area contributed by atoms with Gasteiger partial charge in [0.15, 0.2) is 5.79 Å². The van der Waals surface area contributed by atoms with Crippen LogP contribution < -0.4 is 0 Å². The molecule has 2 aliphatic rings. The van der Waals surface area contributed by atoms with E-state index in [0.717, 1.165) is 4.90 Å². The number of imide groups is 1. The lowest BCUT2D eigenvalue weighted by Gasteiger charge is -2.21. The molecule has 2 aliphatic heterocycles. The maximum atomic E-state index is 12.5. The van der Waals surface area contributed by atoms with Gasteiger partial charge in [-0.3, -0.25) is 14.5 Å². The van der Waals surface area contributed by atoms with Crippen LogP contribution in [-0.4, -0.2) is 53.8 Å². The highest BCUT2D eigenvalue weighted by molar-refractivity contribution is 6.21. The Morgan fingerprint density at radius 1 is 1.19 bits per heavy atom. The van der Waals surface area contributed by atoms with Crippen molar-refractivity contribution in [3.63, 3.8) is 0 Å². The van der Waals surface area contributed by atoms with Crippen molar-refractivity contribution in [3.05, 3.63) is 47.5 Å². The van der Waals surface area contributed by atoms with Crippen LogP contribution >= 0.6 is 0 Å². The van der Waals surface area contributed by atoms with E-state index in [-0.39, 0.29) is 25.0 Å². The maximum absolute atomic E-state index is 12.5. The van der Waals surface area contributed by atoms with Gasteiger partial charge in [0.05, 0.1) is 24.3 Å². The summed E-state index contributed by atoms with van der Waals surface area (Å²) in [4.78, 5) is 37.8. The summed E-state index contributed by atoms with van der Waals surface area (Å²) in [5.74, 6) is -2.09. The quantitative estimate of drug-likeness (QED) is 0.454. The minimum atomic E-state index is -0.896. The number of nitrogens with zero attached hydrogens (tertiary/aromatic N) is 1. The first kappa shape index (κ1) is 18.3. The first-order chi connectivity index (χ1) is 12.3. The van der Waals surface area contributed by atoms with E-state index >= 15 is 0 Å². The molecule has 0 unspecified atom stereocenters. The predicted molar refractivity (Wildman–Crippen MR) is 91.4 cm³/mol. The van der Waals surface area contributed by atoms with E-state index in [9.17, 15) is 14.4 Å². The zero-order valence-electron chi connectivity index (χ0n) is 14.9. The molecule has 2 heterocycles. The smallest absolute Gasteiger partial charge is 0.330 e. The molecule has 1 aromatic carbocycles. The summed E-state index contributed by atoms with van der Waals surface area (Å²) in [6.07, 6.45) is 1.64. The lowest BCUT2D eigenvalue weighted by Crippen LogP contribution is -2.40. The molecular formula is C19H21NO6. The van der Waals surface area contributed by atoms with Gasteiger partial charge in [0.25, 0.3) is 11.8 Å². The summed E-state index contributed by atoms with van der Waals surface area (Å²) in [5, 5.41) is 0. The van der Waals surface area contributed by atoms with Crippen molar-refractivity contribution in [2.24, 2.45) is 0 Å². The molecule has 0 aliphatic carbocycles. The van der Waals surface area contributed by atoms with Crippen LogP contribution in [0.2, 0.25) is 0 Å². The normalized spacial score (nSPS) is 24.3. The van der Waals surface area contributed by atoms with Gasteiger partial charge >= 0.3 is 5.97 Å². The van der Waals surface area contributed by atoms with Crippen molar-refractivity contribution < 1.29 is 28.6 Å². The molecule has 138 valence electrons. The molecule has 0 radical (unpaired) electrons. The fourth-order valence-electron chi connectivity index (χ4n) is 3.12. The average Bonchev–Trinajstić information content (AvgIpc) is 3.02. The summed E-state index contributed by atoms with van der Waals surface area (Å²) >= 11 is 0. The number of esters is 1. The first-order valence-electron chi connectivity index (χ1n) is 8.48. The van der Waals surface area contributed by atoms with Crippen molar-refractivity contribution in [1.82, 2.24) is 4.90 Å². The van der Waals surface area contributed by atoms with Crippen molar-refractivity contribution in [2.45, 2.75) is 38.8 Å². The minimum Gasteiger partial charge on any atom is -0.463 e. The Bertz CT molecular complexity index is 734. The number of rotatable bonds is 5. The third-order valence-electron chi connectivity index (χ3n) is 4.17. The molecule has 3 rings (SSSR count). The van der Waals surface area contributed by atoms with Crippen LogP contribution in [0.15, 0.2) is 36.4 Å². The Labute approximate surface area is 151 Å². The van der Waals surface area contributed by atoms with Crippen LogP contribution in [0.5, 0.6) is 0 Å². The molecule has 26 heavy (non-hydrogen) atoms. The molecule has 1 aromatic rings. The van der Waals surface area contributed by atoms with Crippen LogP contribution in [0.1, 0.15) is 41.5 Å². The van der Waals surface area contributed by atoms with E-state index in [2.05, 4.69) is 0 Å². The molecule has 0 N–H and O–H groups in total. The molecule has 2 amide bonds.